The van der Waals surface area contributed by atoms with Crippen LogP contribution < -0.4 is 0 Å². The van der Waals surface area contributed by atoms with Gasteiger partial charge in [0, 0.05) is 17.1 Å². The van der Waals surface area contributed by atoms with E-state index in [4.69, 9.17) is 8.37 Å². The predicted octanol–water partition coefficient (Wildman–Crippen LogP) is 0.528. The Morgan fingerprint density at radius 1 is 1.38 bits per heavy atom. The minimum atomic E-state index is -1.64. The molecule has 0 radical (unpaired) electrons. The molecule has 0 saturated carbocycles. The van der Waals surface area contributed by atoms with Gasteiger partial charge in [0.2, 0.25) is 0 Å². The number of hydrogen-bond acceptors (Lipinski definition) is 4. The standard InChI is InChI=1S/C7H14O4S2/c1-3-4-6-7(5-12(2)8)11-13(9)10-6/h6-7H,3-5H2,1-2H3/t6-,7+,12+,13?/m1/s1. The highest BCUT2D eigenvalue weighted by molar-refractivity contribution is 7.84. The van der Waals surface area contributed by atoms with Crippen molar-refractivity contribution in [1.29, 1.82) is 0 Å². The van der Waals surface area contributed by atoms with Gasteiger partial charge in [0.05, 0.1) is 5.75 Å². The van der Waals surface area contributed by atoms with Crippen LogP contribution in [0.3, 0.4) is 0 Å². The molecule has 1 saturated heterocycles. The first-order valence-corrected chi connectivity index (χ1v) is 6.92. The molecule has 13 heavy (non-hydrogen) atoms. The lowest BCUT2D eigenvalue weighted by Crippen LogP contribution is -2.27. The molecule has 1 fully saturated rings. The summed E-state index contributed by atoms with van der Waals surface area (Å²) in [6.07, 6.45) is 2.92. The maximum absolute atomic E-state index is 10.9. The van der Waals surface area contributed by atoms with Crippen molar-refractivity contribution in [2.24, 2.45) is 0 Å². The Morgan fingerprint density at radius 2 is 2.00 bits per heavy atom. The predicted molar refractivity (Wildman–Crippen MR) is 51.7 cm³/mol. The number of hydrogen-bond donors (Lipinski definition) is 0. The van der Waals surface area contributed by atoms with E-state index in [1.165, 1.54) is 0 Å². The smallest absolute Gasteiger partial charge is 0.262 e. The van der Waals surface area contributed by atoms with Gasteiger partial charge < -0.3 is 0 Å². The van der Waals surface area contributed by atoms with Gasteiger partial charge in [0.1, 0.15) is 12.2 Å². The van der Waals surface area contributed by atoms with Crippen molar-refractivity contribution in [3.05, 3.63) is 0 Å². The van der Waals surface area contributed by atoms with Crippen LogP contribution in [-0.4, -0.2) is 32.6 Å². The van der Waals surface area contributed by atoms with Gasteiger partial charge in [-0.15, -0.1) is 0 Å². The van der Waals surface area contributed by atoms with E-state index in [9.17, 15) is 8.42 Å². The van der Waals surface area contributed by atoms with Gasteiger partial charge in [-0.25, -0.2) is 0 Å². The summed E-state index contributed by atoms with van der Waals surface area (Å²) in [4.78, 5) is 0. The second-order valence-corrected chi connectivity index (χ2v) is 5.27. The fourth-order valence-corrected chi connectivity index (χ4v) is 2.93. The van der Waals surface area contributed by atoms with E-state index < -0.39 is 22.2 Å². The van der Waals surface area contributed by atoms with Gasteiger partial charge in [-0.3, -0.25) is 12.6 Å². The lowest BCUT2D eigenvalue weighted by Gasteiger charge is -2.11. The maximum Gasteiger partial charge on any atom is 0.305 e. The van der Waals surface area contributed by atoms with Gasteiger partial charge in [0.25, 0.3) is 0 Å². The van der Waals surface area contributed by atoms with Crippen LogP contribution in [0.4, 0.5) is 0 Å². The molecule has 0 spiro atoms. The Kier molecular flexibility index (Phi) is 4.51. The van der Waals surface area contributed by atoms with Crippen LogP contribution in [0.2, 0.25) is 0 Å². The molecule has 0 aromatic heterocycles. The first-order chi connectivity index (χ1) is 6.13. The molecule has 1 aliphatic heterocycles. The largest absolute Gasteiger partial charge is 0.305 e. The molecule has 78 valence electrons. The summed E-state index contributed by atoms with van der Waals surface area (Å²) in [6, 6.07) is 0. The van der Waals surface area contributed by atoms with Crippen molar-refractivity contribution in [3.8, 4) is 0 Å². The Labute approximate surface area is 83.3 Å². The SMILES string of the molecule is CCC[C@H]1OS(=O)O[C@H]1C[S@](C)=O. The Morgan fingerprint density at radius 3 is 2.54 bits per heavy atom. The van der Waals surface area contributed by atoms with Gasteiger partial charge >= 0.3 is 11.4 Å². The second-order valence-electron chi connectivity index (χ2n) is 3.00. The zero-order chi connectivity index (χ0) is 9.84. The minimum absolute atomic E-state index is 0.158. The molecule has 6 heteroatoms. The van der Waals surface area contributed by atoms with E-state index in [-0.39, 0.29) is 12.2 Å². The summed E-state index contributed by atoms with van der Waals surface area (Å²) in [5.74, 6) is 0.399. The van der Waals surface area contributed by atoms with E-state index in [0.29, 0.717) is 5.75 Å². The summed E-state index contributed by atoms with van der Waals surface area (Å²) in [6.45, 7) is 2.02. The maximum atomic E-state index is 10.9. The average molecular weight is 226 g/mol. The van der Waals surface area contributed by atoms with Crippen molar-refractivity contribution >= 4 is 22.2 Å². The molecule has 0 aliphatic carbocycles. The van der Waals surface area contributed by atoms with Crippen molar-refractivity contribution in [2.75, 3.05) is 12.0 Å². The summed E-state index contributed by atoms with van der Waals surface area (Å²) in [5.41, 5.74) is 0. The third kappa shape index (κ3) is 3.46. The monoisotopic (exact) mass is 226 g/mol. The molecule has 0 amide bonds. The normalized spacial score (nSPS) is 36.3. The minimum Gasteiger partial charge on any atom is -0.262 e. The zero-order valence-electron chi connectivity index (χ0n) is 7.73. The second kappa shape index (κ2) is 5.19. The lowest BCUT2D eigenvalue weighted by molar-refractivity contribution is 0.163. The van der Waals surface area contributed by atoms with Crippen molar-refractivity contribution in [2.45, 2.75) is 32.0 Å². The molecule has 0 aromatic carbocycles. The third-order valence-corrected chi connectivity index (χ3v) is 3.40. The Hall–Kier alpha value is 0.220. The molecule has 4 atom stereocenters. The summed E-state index contributed by atoms with van der Waals surface area (Å²) >= 11 is -1.64. The van der Waals surface area contributed by atoms with E-state index in [1.807, 2.05) is 6.92 Å². The van der Waals surface area contributed by atoms with Gasteiger partial charge in [-0.1, -0.05) is 13.3 Å². The lowest BCUT2D eigenvalue weighted by atomic mass is 10.1. The Bertz CT molecular complexity index is 219. The van der Waals surface area contributed by atoms with Gasteiger partial charge in [0.15, 0.2) is 0 Å². The molecule has 1 rings (SSSR count). The van der Waals surface area contributed by atoms with E-state index >= 15 is 0 Å². The van der Waals surface area contributed by atoms with Crippen LogP contribution >= 0.6 is 0 Å². The van der Waals surface area contributed by atoms with Gasteiger partial charge in [-0.05, 0) is 6.42 Å². The van der Waals surface area contributed by atoms with E-state index in [2.05, 4.69) is 0 Å². The van der Waals surface area contributed by atoms with Crippen LogP contribution in [-0.2, 0) is 30.5 Å². The molecule has 4 nitrogen and oxygen atoms in total. The molecular weight excluding hydrogens is 212 g/mol. The van der Waals surface area contributed by atoms with Crippen LogP contribution in [0.15, 0.2) is 0 Å². The summed E-state index contributed by atoms with van der Waals surface area (Å²) < 4.78 is 31.8. The number of rotatable bonds is 4. The first kappa shape index (κ1) is 11.3. The highest BCUT2D eigenvalue weighted by Crippen LogP contribution is 2.21. The summed E-state index contributed by atoms with van der Waals surface area (Å²) in [5, 5.41) is 0. The van der Waals surface area contributed by atoms with Crippen molar-refractivity contribution < 1.29 is 16.8 Å². The first-order valence-electron chi connectivity index (χ1n) is 4.19. The molecule has 1 heterocycles. The molecular formula is C7H14O4S2. The van der Waals surface area contributed by atoms with Crippen molar-refractivity contribution in [3.63, 3.8) is 0 Å². The van der Waals surface area contributed by atoms with Crippen LogP contribution in [0, 0.1) is 0 Å². The van der Waals surface area contributed by atoms with Crippen LogP contribution in [0.5, 0.6) is 0 Å². The fraction of sp³-hybridized carbons (Fsp3) is 1.00. The topological polar surface area (TPSA) is 52.6 Å². The molecule has 0 aromatic rings. The third-order valence-electron chi connectivity index (χ3n) is 1.79. The van der Waals surface area contributed by atoms with E-state index in [1.54, 1.807) is 6.26 Å². The summed E-state index contributed by atoms with van der Waals surface area (Å²) in [7, 11) is -0.934. The Balaban J connectivity index is 2.49. The van der Waals surface area contributed by atoms with Gasteiger partial charge in [-0.2, -0.15) is 4.21 Å². The molecule has 0 bridgehead atoms. The average Bonchev–Trinajstić information content (AvgIpc) is 2.31. The highest BCUT2D eigenvalue weighted by atomic mass is 32.2. The molecule has 0 N–H and O–H groups in total. The van der Waals surface area contributed by atoms with Crippen LogP contribution in [0.25, 0.3) is 0 Å². The quantitative estimate of drug-likeness (QED) is 0.701. The van der Waals surface area contributed by atoms with Crippen molar-refractivity contribution in [1.82, 2.24) is 0 Å². The molecule has 1 unspecified atom stereocenters. The zero-order valence-corrected chi connectivity index (χ0v) is 9.36. The molecule has 1 aliphatic rings. The van der Waals surface area contributed by atoms with Crippen LogP contribution in [0.1, 0.15) is 19.8 Å². The van der Waals surface area contributed by atoms with E-state index in [0.717, 1.165) is 12.8 Å². The highest BCUT2D eigenvalue weighted by Gasteiger charge is 2.34. The fourth-order valence-electron chi connectivity index (χ4n) is 1.23.